The number of fused-ring (bicyclic) bond motifs is 1. The van der Waals surface area contributed by atoms with Gasteiger partial charge in [-0.3, -0.25) is 0 Å². The van der Waals surface area contributed by atoms with Crippen molar-refractivity contribution in [2.75, 3.05) is 45.4 Å². The second-order valence-electron chi connectivity index (χ2n) is 15.7. The number of ether oxygens (including phenoxy) is 4. The van der Waals surface area contributed by atoms with Crippen molar-refractivity contribution in [1.82, 2.24) is 15.0 Å². The van der Waals surface area contributed by atoms with Crippen LogP contribution >= 0.6 is 0 Å². The molecule has 7 aromatic rings. The molecule has 0 saturated carbocycles. The van der Waals surface area contributed by atoms with Crippen molar-refractivity contribution in [2.24, 2.45) is 0 Å². The lowest BCUT2D eigenvalue weighted by Crippen LogP contribution is -2.36. The van der Waals surface area contributed by atoms with E-state index in [0.29, 0.717) is 30.7 Å². The lowest BCUT2D eigenvalue weighted by Gasteiger charge is -2.38. The first-order valence-electron chi connectivity index (χ1n) is 21.1. The summed E-state index contributed by atoms with van der Waals surface area (Å²) in [5.74, 6) is 4.28. The van der Waals surface area contributed by atoms with Crippen LogP contribution in [0.5, 0.6) is 11.5 Å². The van der Waals surface area contributed by atoms with Crippen molar-refractivity contribution in [2.45, 2.75) is 18.4 Å². The molecule has 0 N–H and O–H groups in total. The monoisotopic (exact) mass is 814 g/mol. The van der Waals surface area contributed by atoms with E-state index in [0.717, 1.165) is 75.0 Å². The number of anilines is 1. The van der Waals surface area contributed by atoms with Gasteiger partial charge >= 0.3 is 0 Å². The quantitative estimate of drug-likeness (QED) is 0.135. The number of methoxy groups -OCH3 is 2. The Morgan fingerprint density at radius 3 is 1.77 bits per heavy atom. The Morgan fingerprint density at radius 2 is 1.18 bits per heavy atom. The highest BCUT2D eigenvalue weighted by atomic mass is 16.5. The zero-order chi connectivity index (χ0) is 42.0. The van der Waals surface area contributed by atoms with Crippen molar-refractivity contribution in [3.05, 3.63) is 203 Å². The molecule has 1 saturated heterocycles. The van der Waals surface area contributed by atoms with Crippen molar-refractivity contribution in [3.63, 3.8) is 0 Å². The molecule has 1 aliphatic carbocycles. The highest BCUT2D eigenvalue weighted by Gasteiger charge is 2.40. The smallest absolute Gasteiger partial charge is 0.178 e. The molecule has 10 rings (SSSR count). The number of aromatic nitrogens is 3. The molecule has 0 amide bonds. The number of hydrogen-bond donors (Lipinski definition) is 0. The van der Waals surface area contributed by atoms with E-state index < -0.39 is 5.60 Å². The Morgan fingerprint density at radius 1 is 0.613 bits per heavy atom. The fourth-order valence-electron chi connectivity index (χ4n) is 8.78. The van der Waals surface area contributed by atoms with Crippen molar-refractivity contribution < 1.29 is 18.9 Å². The van der Waals surface area contributed by atoms with E-state index in [9.17, 15) is 0 Å². The minimum Gasteiger partial charge on any atom is -0.497 e. The predicted molar refractivity (Wildman–Crippen MR) is 246 cm³/mol. The van der Waals surface area contributed by atoms with Crippen LogP contribution in [0.2, 0.25) is 0 Å². The average Bonchev–Trinajstić information content (AvgIpc) is 3.69. The van der Waals surface area contributed by atoms with Gasteiger partial charge in [0.2, 0.25) is 0 Å². The van der Waals surface area contributed by atoms with Gasteiger partial charge in [-0.2, -0.15) is 0 Å². The minimum atomic E-state index is -1.03. The van der Waals surface area contributed by atoms with Gasteiger partial charge in [-0.1, -0.05) is 140 Å². The molecule has 3 aliphatic rings. The summed E-state index contributed by atoms with van der Waals surface area (Å²) < 4.78 is 25.1. The third-order valence-corrected chi connectivity index (χ3v) is 12.1. The maximum absolute atomic E-state index is 7.64. The molecule has 0 bridgehead atoms. The van der Waals surface area contributed by atoms with Crippen LogP contribution in [0, 0.1) is 0 Å². The van der Waals surface area contributed by atoms with E-state index in [-0.39, 0.29) is 5.92 Å². The molecule has 2 atom stereocenters. The second-order valence-corrected chi connectivity index (χ2v) is 15.7. The van der Waals surface area contributed by atoms with Crippen molar-refractivity contribution in [1.29, 1.82) is 0 Å². The first kappa shape index (κ1) is 38.9. The second kappa shape index (κ2) is 16.6. The summed E-state index contributed by atoms with van der Waals surface area (Å²) in [6.45, 7) is 5.23. The minimum absolute atomic E-state index is 0.161. The molecule has 8 nitrogen and oxygen atoms in total. The largest absolute Gasteiger partial charge is 0.497 e. The third kappa shape index (κ3) is 7.22. The standard InChI is InChI=1S/C54H46N4O4/c1-36-45-17-11-10-16-40(45)34-47(36)46-28-29-54(43-23-25-44(59-2)26-24-43,62-50(46)41-20-27-48(49(35-41)60-3)58-30-32-61-33-31-58)42-21-18-39(19-22-42)53-56-51(37-12-6-4-7-13-37)55-52(57-53)38-14-8-5-9-15-38/h4-29,34-36H,30-33H2,1-3H3. The SMILES string of the molecule is COc1ccc(C2(c3ccc(-c4nc(-c5ccccc5)nc(-c5ccccc5)n4)cc3)C=CC(C3=Cc4ccccc4C3C)=C(c3ccc(N4CCOCC4)c(OC)c3)O2)cc1. The highest BCUT2D eigenvalue weighted by Crippen LogP contribution is 2.50. The lowest BCUT2D eigenvalue weighted by atomic mass is 9.81. The number of rotatable bonds is 10. The lowest BCUT2D eigenvalue weighted by molar-refractivity contribution is 0.122. The van der Waals surface area contributed by atoms with E-state index in [1.54, 1.807) is 14.2 Å². The first-order valence-corrected chi connectivity index (χ1v) is 21.1. The summed E-state index contributed by atoms with van der Waals surface area (Å²) in [4.78, 5) is 17.2. The maximum atomic E-state index is 7.64. The number of allylic oxidation sites excluding steroid dienone is 3. The Balaban J connectivity index is 1.11. The number of benzene rings is 6. The Kier molecular flexibility index (Phi) is 10.4. The van der Waals surface area contributed by atoms with Crippen molar-refractivity contribution >= 4 is 17.5 Å². The van der Waals surface area contributed by atoms with Crippen LogP contribution in [0.25, 0.3) is 46.0 Å². The van der Waals surface area contributed by atoms with Crippen LogP contribution in [0.1, 0.15) is 40.7 Å². The molecule has 2 aliphatic heterocycles. The Labute approximate surface area is 362 Å². The molecule has 1 aromatic heterocycles. The van der Waals surface area contributed by atoms with Gasteiger partial charge in [-0.25, -0.2) is 15.0 Å². The molecule has 0 radical (unpaired) electrons. The summed E-state index contributed by atoms with van der Waals surface area (Å²) in [5.41, 5.74) is 10.3. The van der Waals surface area contributed by atoms with Crippen LogP contribution in [0.4, 0.5) is 5.69 Å². The summed E-state index contributed by atoms with van der Waals surface area (Å²) >= 11 is 0. The summed E-state index contributed by atoms with van der Waals surface area (Å²) in [7, 11) is 3.42. The zero-order valence-corrected chi connectivity index (χ0v) is 35.0. The maximum Gasteiger partial charge on any atom is 0.178 e. The molecule has 1 fully saturated rings. The molecular weight excluding hydrogens is 769 g/mol. The summed E-state index contributed by atoms with van der Waals surface area (Å²) in [6.07, 6.45) is 6.75. The van der Waals surface area contributed by atoms with Gasteiger partial charge in [0.05, 0.1) is 33.1 Å². The Bertz CT molecular complexity index is 2770. The van der Waals surface area contributed by atoms with E-state index in [4.69, 9.17) is 33.9 Å². The Hall–Kier alpha value is -7.29. The molecule has 2 unspecified atom stereocenters. The molecule has 8 heteroatoms. The van der Waals surface area contributed by atoms with E-state index in [2.05, 4.69) is 109 Å². The van der Waals surface area contributed by atoms with E-state index >= 15 is 0 Å². The summed E-state index contributed by atoms with van der Waals surface area (Å²) in [5, 5.41) is 0. The van der Waals surface area contributed by atoms with Gasteiger partial charge in [0.1, 0.15) is 17.3 Å². The molecule has 6 aromatic carbocycles. The number of hydrogen-bond acceptors (Lipinski definition) is 8. The molecule has 0 spiro atoms. The van der Waals surface area contributed by atoms with Crippen LogP contribution in [-0.2, 0) is 15.1 Å². The fourth-order valence-corrected chi connectivity index (χ4v) is 8.78. The van der Waals surface area contributed by atoms with Gasteiger partial charge in [-0.05, 0) is 53.1 Å². The highest BCUT2D eigenvalue weighted by molar-refractivity contribution is 5.83. The zero-order valence-electron chi connectivity index (χ0n) is 35.0. The molecule has 306 valence electrons. The molecular formula is C54H46N4O4. The van der Waals surface area contributed by atoms with Crippen LogP contribution in [-0.4, -0.2) is 55.5 Å². The molecule has 3 heterocycles. The van der Waals surface area contributed by atoms with E-state index in [1.807, 2.05) is 72.8 Å². The fraction of sp³-hybridized carbons (Fsp3) is 0.167. The van der Waals surface area contributed by atoms with Crippen LogP contribution < -0.4 is 14.4 Å². The van der Waals surface area contributed by atoms with Gasteiger partial charge in [-0.15, -0.1) is 0 Å². The van der Waals surface area contributed by atoms with E-state index in [1.165, 1.54) is 16.7 Å². The molecule has 62 heavy (non-hydrogen) atoms. The normalized spacial score (nSPS) is 18.2. The number of morpholine rings is 1. The van der Waals surface area contributed by atoms with Crippen molar-refractivity contribution in [3.8, 4) is 45.7 Å². The third-order valence-electron chi connectivity index (χ3n) is 12.1. The summed E-state index contributed by atoms with van der Waals surface area (Å²) in [6, 6.07) is 51.7. The first-order chi connectivity index (χ1) is 30.5. The van der Waals surface area contributed by atoms with Crippen LogP contribution in [0.3, 0.4) is 0 Å². The van der Waals surface area contributed by atoms with Gasteiger partial charge < -0.3 is 23.8 Å². The van der Waals surface area contributed by atoms with Gasteiger partial charge in [0, 0.05) is 58.0 Å². The average molecular weight is 815 g/mol. The van der Waals surface area contributed by atoms with Crippen LogP contribution in [0.15, 0.2) is 175 Å². The predicted octanol–water partition coefficient (Wildman–Crippen LogP) is 11.2. The van der Waals surface area contributed by atoms with Gasteiger partial charge in [0.25, 0.3) is 0 Å². The van der Waals surface area contributed by atoms with Gasteiger partial charge in [0.15, 0.2) is 23.1 Å². The topological polar surface area (TPSA) is 78.8 Å². The number of nitrogens with zero attached hydrogens (tertiary/aromatic N) is 4.